The molecule has 0 saturated carbocycles. The van der Waals surface area contributed by atoms with E-state index in [9.17, 15) is 4.79 Å². The molecular weight excluding hydrogens is 256 g/mol. The molecule has 1 spiro atoms. The van der Waals surface area contributed by atoms with Gasteiger partial charge in [-0.1, -0.05) is 6.07 Å². The topological polar surface area (TPSA) is 23.6 Å². The molecule has 1 amide bonds. The third kappa shape index (κ3) is 2.70. The minimum atomic E-state index is 0.244. The highest BCUT2D eigenvalue weighted by Gasteiger charge is 2.39. The van der Waals surface area contributed by atoms with E-state index in [1.807, 2.05) is 17.5 Å². The van der Waals surface area contributed by atoms with Crippen LogP contribution in [0.15, 0.2) is 17.5 Å². The summed E-state index contributed by atoms with van der Waals surface area (Å²) >= 11 is 1.56. The van der Waals surface area contributed by atoms with Crippen molar-refractivity contribution in [2.45, 2.75) is 25.7 Å². The third-order valence-corrected chi connectivity index (χ3v) is 5.59. The summed E-state index contributed by atoms with van der Waals surface area (Å²) in [6, 6.07) is 3.91. The molecule has 2 saturated heterocycles. The van der Waals surface area contributed by atoms with Crippen molar-refractivity contribution in [3.8, 4) is 0 Å². The summed E-state index contributed by atoms with van der Waals surface area (Å²) in [6.45, 7) is 4.27. The van der Waals surface area contributed by atoms with Crippen LogP contribution < -0.4 is 0 Å². The zero-order chi connectivity index (χ0) is 13.3. The summed E-state index contributed by atoms with van der Waals surface area (Å²) in [5.74, 6) is 0.244. The predicted octanol–water partition coefficient (Wildman–Crippen LogP) is 2.70. The summed E-state index contributed by atoms with van der Waals surface area (Å²) in [5.41, 5.74) is 0.400. The molecule has 0 aromatic carbocycles. The number of carbonyl (C=O) groups is 1. The molecule has 0 N–H and O–H groups in total. The smallest absolute Gasteiger partial charge is 0.263 e. The van der Waals surface area contributed by atoms with Gasteiger partial charge in [0.2, 0.25) is 0 Å². The maximum absolute atomic E-state index is 12.5. The molecule has 0 unspecified atom stereocenters. The van der Waals surface area contributed by atoms with Crippen molar-refractivity contribution < 1.29 is 4.79 Å². The second kappa shape index (κ2) is 5.25. The molecule has 4 heteroatoms. The predicted molar refractivity (Wildman–Crippen MR) is 78.6 cm³/mol. The van der Waals surface area contributed by atoms with E-state index < -0.39 is 0 Å². The van der Waals surface area contributed by atoms with Gasteiger partial charge in [0.05, 0.1) is 4.88 Å². The number of carbonyl (C=O) groups excluding carboxylic acids is 1. The monoisotopic (exact) mass is 278 g/mol. The molecule has 3 nitrogen and oxygen atoms in total. The van der Waals surface area contributed by atoms with Crippen LogP contribution in [0.25, 0.3) is 0 Å². The van der Waals surface area contributed by atoms with Crippen LogP contribution in [0.4, 0.5) is 0 Å². The van der Waals surface area contributed by atoms with Crippen molar-refractivity contribution >= 4 is 17.2 Å². The Labute approximate surface area is 119 Å². The largest absolute Gasteiger partial charge is 0.337 e. The van der Waals surface area contributed by atoms with E-state index in [0.29, 0.717) is 5.41 Å². The Bertz CT molecular complexity index is 435. The number of thiophene rings is 1. The number of amides is 1. The Kier molecular flexibility index (Phi) is 3.63. The van der Waals surface area contributed by atoms with E-state index in [1.165, 1.54) is 38.8 Å². The van der Waals surface area contributed by atoms with Gasteiger partial charge in [-0.15, -0.1) is 11.3 Å². The van der Waals surface area contributed by atoms with Crippen molar-refractivity contribution in [3.05, 3.63) is 22.4 Å². The molecule has 0 atom stereocenters. The van der Waals surface area contributed by atoms with Crippen LogP contribution in [-0.2, 0) is 0 Å². The Hall–Kier alpha value is -0.870. The van der Waals surface area contributed by atoms with E-state index in [-0.39, 0.29) is 5.91 Å². The van der Waals surface area contributed by atoms with Gasteiger partial charge in [0.25, 0.3) is 5.91 Å². The molecule has 1 aromatic heterocycles. The normalized spacial score (nSPS) is 23.7. The van der Waals surface area contributed by atoms with Gasteiger partial charge >= 0.3 is 0 Å². The van der Waals surface area contributed by atoms with Crippen LogP contribution in [0.3, 0.4) is 0 Å². The lowest BCUT2D eigenvalue weighted by atomic mass is 9.72. The van der Waals surface area contributed by atoms with Gasteiger partial charge in [0, 0.05) is 13.1 Å². The summed E-state index contributed by atoms with van der Waals surface area (Å²) in [4.78, 5) is 17.9. The summed E-state index contributed by atoms with van der Waals surface area (Å²) in [5, 5.41) is 1.99. The average molecular weight is 278 g/mol. The Morgan fingerprint density at radius 1 is 1.26 bits per heavy atom. The first-order valence-corrected chi connectivity index (χ1v) is 8.08. The Morgan fingerprint density at radius 2 is 2.05 bits per heavy atom. The summed E-state index contributed by atoms with van der Waals surface area (Å²) in [7, 11) is 2.20. The highest BCUT2D eigenvalue weighted by atomic mass is 32.1. The van der Waals surface area contributed by atoms with E-state index in [1.54, 1.807) is 11.3 Å². The Balaban J connectivity index is 1.70. The van der Waals surface area contributed by atoms with E-state index >= 15 is 0 Å². The van der Waals surface area contributed by atoms with Gasteiger partial charge in [0.15, 0.2) is 0 Å². The lowest BCUT2D eigenvalue weighted by molar-refractivity contribution is 0.0264. The molecule has 19 heavy (non-hydrogen) atoms. The second-order valence-electron chi connectivity index (χ2n) is 6.11. The number of hydrogen-bond donors (Lipinski definition) is 0. The van der Waals surface area contributed by atoms with E-state index in [4.69, 9.17) is 0 Å². The van der Waals surface area contributed by atoms with Crippen molar-refractivity contribution in [2.75, 3.05) is 33.2 Å². The first kappa shape index (κ1) is 13.1. The molecule has 0 aliphatic carbocycles. The number of hydrogen-bond acceptors (Lipinski definition) is 3. The van der Waals surface area contributed by atoms with Gasteiger partial charge in [-0.25, -0.2) is 0 Å². The average Bonchev–Trinajstić information content (AvgIpc) is 2.96. The van der Waals surface area contributed by atoms with Crippen LogP contribution >= 0.6 is 11.3 Å². The molecular formula is C15H22N2OS. The first-order valence-electron chi connectivity index (χ1n) is 7.20. The fourth-order valence-electron chi connectivity index (χ4n) is 3.44. The third-order valence-electron chi connectivity index (χ3n) is 4.73. The van der Waals surface area contributed by atoms with Crippen molar-refractivity contribution in [1.29, 1.82) is 0 Å². The van der Waals surface area contributed by atoms with Crippen molar-refractivity contribution in [3.63, 3.8) is 0 Å². The summed E-state index contributed by atoms with van der Waals surface area (Å²) < 4.78 is 0. The van der Waals surface area contributed by atoms with Gasteiger partial charge in [0.1, 0.15) is 0 Å². The number of nitrogens with zero attached hydrogens (tertiary/aromatic N) is 2. The molecule has 1 aromatic rings. The zero-order valence-corrected chi connectivity index (χ0v) is 12.4. The fraction of sp³-hybridized carbons (Fsp3) is 0.667. The Morgan fingerprint density at radius 3 is 2.74 bits per heavy atom. The highest BCUT2D eigenvalue weighted by molar-refractivity contribution is 7.12. The molecule has 3 heterocycles. The molecule has 104 valence electrons. The zero-order valence-electron chi connectivity index (χ0n) is 11.6. The van der Waals surface area contributed by atoms with E-state index in [0.717, 1.165) is 18.0 Å². The van der Waals surface area contributed by atoms with E-state index in [2.05, 4.69) is 16.8 Å². The highest BCUT2D eigenvalue weighted by Crippen LogP contribution is 2.39. The maximum atomic E-state index is 12.5. The molecule has 0 radical (unpaired) electrons. The summed E-state index contributed by atoms with van der Waals surface area (Å²) in [6.07, 6.45) is 4.96. The van der Waals surface area contributed by atoms with Gasteiger partial charge in [-0.3, -0.25) is 4.79 Å². The molecule has 2 fully saturated rings. The maximum Gasteiger partial charge on any atom is 0.263 e. The minimum Gasteiger partial charge on any atom is -0.337 e. The number of rotatable bonds is 1. The number of piperidine rings is 2. The quantitative estimate of drug-likeness (QED) is 0.788. The van der Waals surface area contributed by atoms with Gasteiger partial charge in [-0.05, 0) is 62.7 Å². The lowest BCUT2D eigenvalue weighted by Crippen LogP contribution is -2.50. The van der Waals surface area contributed by atoms with Crippen molar-refractivity contribution in [1.82, 2.24) is 9.80 Å². The standard InChI is InChI=1S/C15H22N2OS/c1-16-9-6-15(7-10-16)5-3-8-17(12-15)14(18)13-4-2-11-19-13/h2,4,11H,3,5-10,12H2,1H3. The first-order chi connectivity index (χ1) is 9.19. The van der Waals surface area contributed by atoms with Crippen LogP contribution in [-0.4, -0.2) is 48.9 Å². The van der Waals surface area contributed by atoms with Crippen LogP contribution in [0, 0.1) is 5.41 Å². The van der Waals surface area contributed by atoms with Gasteiger partial charge in [-0.2, -0.15) is 0 Å². The van der Waals surface area contributed by atoms with Crippen LogP contribution in [0.2, 0.25) is 0 Å². The molecule has 2 aliphatic heterocycles. The fourth-order valence-corrected chi connectivity index (χ4v) is 4.13. The molecule has 3 rings (SSSR count). The molecule has 0 bridgehead atoms. The van der Waals surface area contributed by atoms with Crippen molar-refractivity contribution in [2.24, 2.45) is 5.41 Å². The SMILES string of the molecule is CN1CCC2(CCCN(C(=O)c3cccs3)C2)CC1. The van der Waals surface area contributed by atoms with Crippen LogP contribution in [0.1, 0.15) is 35.4 Å². The molecule has 2 aliphatic rings. The second-order valence-corrected chi connectivity index (χ2v) is 7.06. The number of likely N-dealkylation sites (tertiary alicyclic amines) is 2. The lowest BCUT2D eigenvalue weighted by Gasteiger charge is -2.47. The van der Waals surface area contributed by atoms with Gasteiger partial charge < -0.3 is 9.80 Å². The van der Waals surface area contributed by atoms with Crippen LogP contribution in [0.5, 0.6) is 0 Å². The minimum absolute atomic E-state index is 0.244.